The number of nitrogens with zero attached hydrogens (tertiary/aromatic N) is 1. The number of imide groups is 1. The SMILES string of the molecule is Cc1c(Cl)ccc2c1NC(=O)[C@]21N[C@@H]([C@@H](C)O)[C@H]2C(=O)N(CCc3ccccc3)C(=O)[C@H]21. The molecule has 2 aromatic rings. The quantitative estimate of drug-likeness (QED) is 0.615. The van der Waals surface area contributed by atoms with Crippen LogP contribution < -0.4 is 10.6 Å². The first-order valence-corrected chi connectivity index (χ1v) is 11.1. The van der Waals surface area contributed by atoms with Gasteiger partial charge in [0.15, 0.2) is 0 Å². The summed E-state index contributed by atoms with van der Waals surface area (Å²) >= 11 is 6.26. The smallest absolute Gasteiger partial charge is 0.250 e. The maximum Gasteiger partial charge on any atom is 0.250 e. The van der Waals surface area contributed by atoms with Crippen molar-refractivity contribution in [1.29, 1.82) is 0 Å². The van der Waals surface area contributed by atoms with Crippen molar-refractivity contribution in [1.82, 2.24) is 10.2 Å². The largest absolute Gasteiger partial charge is 0.392 e. The molecule has 0 aromatic heterocycles. The number of benzene rings is 2. The van der Waals surface area contributed by atoms with Crippen molar-refractivity contribution in [3.8, 4) is 0 Å². The van der Waals surface area contributed by atoms with Crippen LogP contribution in [0.25, 0.3) is 0 Å². The molecule has 2 saturated heterocycles. The van der Waals surface area contributed by atoms with Crippen LogP contribution in [0.1, 0.15) is 23.6 Å². The second kappa shape index (κ2) is 7.40. The van der Waals surface area contributed by atoms with Crippen LogP contribution in [0.4, 0.5) is 5.69 Å². The Morgan fingerprint density at radius 2 is 1.84 bits per heavy atom. The van der Waals surface area contributed by atoms with Crippen molar-refractivity contribution in [2.75, 3.05) is 11.9 Å². The van der Waals surface area contributed by atoms with Gasteiger partial charge in [-0.2, -0.15) is 0 Å². The van der Waals surface area contributed by atoms with Crippen LogP contribution in [0.15, 0.2) is 42.5 Å². The molecule has 0 bridgehead atoms. The van der Waals surface area contributed by atoms with Crippen molar-refractivity contribution < 1.29 is 19.5 Å². The Morgan fingerprint density at radius 1 is 1.12 bits per heavy atom. The van der Waals surface area contributed by atoms with Crippen LogP contribution in [0.5, 0.6) is 0 Å². The lowest BCUT2D eigenvalue weighted by Gasteiger charge is -2.30. The predicted molar refractivity (Wildman–Crippen MR) is 119 cm³/mol. The normalized spacial score (nSPS) is 29.4. The standard InChI is InChI=1S/C24H24ClN3O4/c1-12-16(25)9-8-15-19(12)26-23(32)24(15)18-17(20(27-24)13(2)29)21(30)28(22(18)31)11-10-14-6-4-3-5-7-14/h3-9,13,17-18,20,27,29H,10-11H2,1-2H3,(H,26,32)/t13-,17+,18+,20+,24+/m1/s1. The summed E-state index contributed by atoms with van der Waals surface area (Å²) < 4.78 is 0. The van der Waals surface area contributed by atoms with Crippen molar-refractivity contribution in [3.05, 3.63) is 64.2 Å². The molecular formula is C24H24ClN3O4. The average molecular weight is 454 g/mol. The fourth-order valence-corrected chi connectivity index (χ4v) is 5.66. The Hall–Kier alpha value is -2.74. The molecule has 0 aliphatic carbocycles. The number of carbonyl (C=O) groups excluding carboxylic acids is 3. The lowest BCUT2D eigenvalue weighted by Crippen LogP contribution is -2.55. The fraction of sp³-hybridized carbons (Fsp3) is 0.375. The van der Waals surface area contributed by atoms with Gasteiger partial charge in [0.25, 0.3) is 0 Å². The first-order chi connectivity index (χ1) is 15.3. The molecule has 1 spiro atoms. The van der Waals surface area contributed by atoms with Crippen LogP contribution in [0.3, 0.4) is 0 Å². The zero-order valence-corrected chi connectivity index (χ0v) is 18.5. The number of carbonyl (C=O) groups is 3. The third-order valence-electron chi connectivity index (χ3n) is 7.10. The zero-order valence-electron chi connectivity index (χ0n) is 17.8. The van der Waals surface area contributed by atoms with Gasteiger partial charge in [-0.3, -0.25) is 24.6 Å². The highest BCUT2D eigenvalue weighted by Crippen LogP contribution is 2.54. The second-order valence-corrected chi connectivity index (χ2v) is 9.24. The highest BCUT2D eigenvalue weighted by molar-refractivity contribution is 6.32. The number of rotatable bonds is 4. The minimum atomic E-state index is -1.43. The van der Waals surface area contributed by atoms with Crippen LogP contribution in [-0.4, -0.2) is 46.4 Å². The number of hydrogen-bond acceptors (Lipinski definition) is 5. The van der Waals surface area contributed by atoms with Crippen LogP contribution in [0.2, 0.25) is 5.02 Å². The van der Waals surface area contributed by atoms with Gasteiger partial charge in [0.05, 0.1) is 23.6 Å². The van der Waals surface area contributed by atoms with E-state index < -0.39 is 35.4 Å². The summed E-state index contributed by atoms with van der Waals surface area (Å²) in [5, 5.41) is 17.0. The summed E-state index contributed by atoms with van der Waals surface area (Å²) in [5.41, 5.74) is 1.44. The molecule has 0 saturated carbocycles. The molecule has 5 atom stereocenters. The number of aliphatic hydroxyl groups excluding tert-OH is 1. The molecular weight excluding hydrogens is 430 g/mol. The highest BCUT2D eigenvalue weighted by Gasteiger charge is 2.71. The zero-order chi connectivity index (χ0) is 22.8. The number of amides is 3. The summed E-state index contributed by atoms with van der Waals surface area (Å²) in [7, 11) is 0. The van der Waals surface area contributed by atoms with Crippen molar-refractivity contribution in [2.45, 2.75) is 38.0 Å². The van der Waals surface area contributed by atoms with E-state index in [0.717, 1.165) is 5.56 Å². The highest BCUT2D eigenvalue weighted by atomic mass is 35.5. The van der Waals surface area contributed by atoms with Gasteiger partial charge in [0.1, 0.15) is 5.54 Å². The summed E-state index contributed by atoms with van der Waals surface area (Å²) in [5.74, 6) is -2.90. The minimum Gasteiger partial charge on any atom is -0.392 e. The Kier molecular flexibility index (Phi) is 4.89. The third-order valence-corrected chi connectivity index (χ3v) is 7.51. The molecule has 166 valence electrons. The fourth-order valence-electron chi connectivity index (χ4n) is 5.50. The van der Waals surface area contributed by atoms with Gasteiger partial charge in [-0.05, 0) is 37.5 Å². The summed E-state index contributed by atoms with van der Waals surface area (Å²) in [6, 6.07) is 12.3. The number of anilines is 1. The van der Waals surface area contributed by atoms with E-state index in [9.17, 15) is 19.5 Å². The van der Waals surface area contributed by atoms with Gasteiger partial charge in [-0.1, -0.05) is 48.0 Å². The predicted octanol–water partition coefficient (Wildman–Crippen LogP) is 1.99. The Balaban J connectivity index is 1.57. The number of hydrogen-bond donors (Lipinski definition) is 3. The molecule has 0 radical (unpaired) electrons. The minimum absolute atomic E-state index is 0.228. The van der Waals surface area contributed by atoms with E-state index in [1.807, 2.05) is 30.3 Å². The Bertz CT molecular complexity index is 1140. The van der Waals surface area contributed by atoms with E-state index in [-0.39, 0.29) is 18.4 Å². The third kappa shape index (κ3) is 2.78. The van der Waals surface area contributed by atoms with Crippen LogP contribution in [0, 0.1) is 18.8 Å². The van der Waals surface area contributed by atoms with E-state index in [2.05, 4.69) is 10.6 Å². The molecule has 3 aliphatic heterocycles. The van der Waals surface area contributed by atoms with Crippen molar-refractivity contribution >= 4 is 35.0 Å². The molecule has 3 heterocycles. The molecule has 3 N–H and O–H groups in total. The van der Waals surface area contributed by atoms with Crippen LogP contribution in [-0.2, 0) is 26.3 Å². The molecule has 8 heteroatoms. The van der Waals surface area contributed by atoms with E-state index >= 15 is 0 Å². The van der Waals surface area contributed by atoms with Gasteiger partial charge in [-0.15, -0.1) is 0 Å². The Morgan fingerprint density at radius 3 is 2.53 bits per heavy atom. The van der Waals surface area contributed by atoms with Gasteiger partial charge in [0.2, 0.25) is 17.7 Å². The van der Waals surface area contributed by atoms with E-state index in [1.54, 1.807) is 26.0 Å². The number of aliphatic hydroxyl groups is 1. The molecule has 3 aliphatic rings. The number of likely N-dealkylation sites (tertiary alicyclic amines) is 1. The molecule has 7 nitrogen and oxygen atoms in total. The maximum atomic E-state index is 13.6. The van der Waals surface area contributed by atoms with E-state index in [0.29, 0.717) is 28.3 Å². The molecule has 3 amide bonds. The first-order valence-electron chi connectivity index (χ1n) is 10.7. The van der Waals surface area contributed by atoms with Gasteiger partial charge < -0.3 is 10.4 Å². The monoisotopic (exact) mass is 453 g/mol. The second-order valence-electron chi connectivity index (χ2n) is 8.83. The lowest BCUT2D eigenvalue weighted by atomic mass is 9.76. The number of fused-ring (bicyclic) bond motifs is 4. The van der Waals surface area contributed by atoms with Gasteiger partial charge in [-0.25, -0.2) is 0 Å². The van der Waals surface area contributed by atoms with Crippen LogP contribution >= 0.6 is 11.6 Å². The maximum absolute atomic E-state index is 13.6. The van der Waals surface area contributed by atoms with Gasteiger partial charge >= 0.3 is 0 Å². The van der Waals surface area contributed by atoms with E-state index in [4.69, 9.17) is 11.6 Å². The topological polar surface area (TPSA) is 98.7 Å². The summed E-state index contributed by atoms with van der Waals surface area (Å²) in [6.07, 6.45) is -0.410. The summed E-state index contributed by atoms with van der Waals surface area (Å²) in [4.78, 5) is 41.7. The molecule has 0 unspecified atom stereocenters. The number of nitrogens with one attached hydrogen (secondary N) is 2. The lowest BCUT2D eigenvalue weighted by molar-refractivity contribution is -0.143. The average Bonchev–Trinajstić information content (AvgIpc) is 3.36. The van der Waals surface area contributed by atoms with Crippen molar-refractivity contribution in [2.24, 2.45) is 11.8 Å². The number of halogens is 1. The molecule has 2 aromatic carbocycles. The molecule has 32 heavy (non-hydrogen) atoms. The molecule has 2 fully saturated rings. The first kappa shape index (κ1) is 21.1. The summed E-state index contributed by atoms with van der Waals surface area (Å²) in [6.45, 7) is 3.59. The van der Waals surface area contributed by atoms with Crippen molar-refractivity contribution in [3.63, 3.8) is 0 Å². The molecule has 5 rings (SSSR count). The Labute approximate surface area is 190 Å². The van der Waals surface area contributed by atoms with Gasteiger partial charge in [0, 0.05) is 23.2 Å². The van der Waals surface area contributed by atoms with E-state index in [1.165, 1.54) is 4.90 Å².